The number of amides is 1. The van der Waals surface area contributed by atoms with E-state index in [1.54, 1.807) is 18.2 Å². The van der Waals surface area contributed by atoms with E-state index in [1.807, 2.05) is 0 Å². The zero-order chi connectivity index (χ0) is 18.0. The van der Waals surface area contributed by atoms with Crippen LogP contribution in [0.5, 0.6) is 5.75 Å². The number of hydrogen-bond acceptors (Lipinski definition) is 6. The van der Waals surface area contributed by atoms with Crippen LogP contribution in [0.4, 0.5) is 11.4 Å². The highest BCUT2D eigenvalue weighted by molar-refractivity contribution is 6.05. The molecule has 0 spiro atoms. The molecule has 0 fully saturated rings. The van der Waals surface area contributed by atoms with Crippen LogP contribution in [0.1, 0.15) is 10.4 Å². The molecule has 2 aromatic carbocycles. The van der Waals surface area contributed by atoms with Crippen molar-refractivity contribution < 1.29 is 18.9 Å². The standard InChI is InChI=1S/C17H12N2O6/c1-24-13-7-2-10-8-14(17(21)25-15(10)9-13)16(20)18-11-3-5-12(6-4-11)19(22)23/h2-9H,1H3,(H,18,20). The summed E-state index contributed by atoms with van der Waals surface area (Å²) in [6.07, 6.45) is 0. The lowest BCUT2D eigenvalue weighted by Gasteiger charge is -2.06. The molecule has 1 N–H and O–H groups in total. The molecule has 8 nitrogen and oxygen atoms in total. The van der Waals surface area contributed by atoms with E-state index in [0.717, 1.165) is 0 Å². The van der Waals surface area contributed by atoms with E-state index in [0.29, 0.717) is 22.4 Å². The Bertz CT molecular complexity index is 1020. The first-order chi connectivity index (χ1) is 12.0. The van der Waals surface area contributed by atoms with Crippen LogP contribution >= 0.6 is 0 Å². The van der Waals surface area contributed by atoms with Crippen LogP contribution < -0.4 is 15.7 Å². The fraction of sp³-hybridized carbons (Fsp3) is 0.0588. The van der Waals surface area contributed by atoms with Crippen molar-refractivity contribution in [2.24, 2.45) is 0 Å². The van der Waals surface area contributed by atoms with E-state index in [-0.39, 0.29) is 11.3 Å². The van der Waals surface area contributed by atoms with Gasteiger partial charge in [-0.05, 0) is 30.3 Å². The van der Waals surface area contributed by atoms with Crippen molar-refractivity contribution in [2.45, 2.75) is 0 Å². The molecule has 0 aliphatic rings. The van der Waals surface area contributed by atoms with Crippen molar-refractivity contribution in [3.63, 3.8) is 0 Å². The van der Waals surface area contributed by atoms with Gasteiger partial charge in [0.25, 0.3) is 11.6 Å². The van der Waals surface area contributed by atoms with Crippen LogP contribution in [0.3, 0.4) is 0 Å². The molecular formula is C17H12N2O6. The molecule has 0 unspecified atom stereocenters. The van der Waals surface area contributed by atoms with Gasteiger partial charge in [0, 0.05) is 29.3 Å². The highest BCUT2D eigenvalue weighted by Gasteiger charge is 2.15. The van der Waals surface area contributed by atoms with Gasteiger partial charge in [-0.1, -0.05) is 0 Å². The number of nitrogens with one attached hydrogen (secondary N) is 1. The van der Waals surface area contributed by atoms with Crippen molar-refractivity contribution in [1.82, 2.24) is 0 Å². The summed E-state index contributed by atoms with van der Waals surface area (Å²) in [6.45, 7) is 0. The van der Waals surface area contributed by atoms with Gasteiger partial charge < -0.3 is 14.5 Å². The third-order valence-electron chi connectivity index (χ3n) is 3.52. The van der Waals surface area contributed by atoms with Gasteiger partial charge in [-0.25, -0.2) is 4.79 Å². The van der Waals surface area contributed by atoms with Crippen LogP contribution in [0.2, 0.25) is 0 Å². The second-order valence-electron chi connectivity index (χ2n) is 5.11. The summed E-state index contributed by atoms with van der Waals surface area (Å²) in [4.78, 5) is 34.4. The molecule has 1 amide bonds. The normalized spacial score (nSPS) is 10.4. The number of fused-ring (bicyclic) bond motifs is 1. The first kappa shape index (κ1) is 16.2. The van der Waals surface area contributed by atoms with Crippen molar-refractivity contribution in [3.8, 4) is 5.75 Å². The van der Waals surface area contributed by atoms with Crippen molar-refractivity contribution in [2.75, 3.05) is 12.4 Å². The van der Waals surface area contributed by atoms with Gasteiger partial charge in [0.05, 0.1) is 12.0 Å². The second kappa shape index (κ2) is 6.44. The van der Waals surface area contributed by atoms with Gasteiger partial charge in [-0.3, -0.25) is 14.9 Å². The zero-order valence-corrected chi connectivity index (χ0v) is 13.0. The monoisotopic (exact) mass is 340 g/mol. The lowest BCUT2D eigenvalue weighted by molar-refractivity contribution is -0.384. The number of nitrogens with zero attached hydrogens (tertiary/aromatic N) is 1. The van der Waals surface area contributed by atoms with Crippen molar-refractivity contribution >= 4 is 28.3 Å². The summed E-state index contributed by atoms with van der Waals surface area (Å²) in [5.74, 6) is -0.140. The highest BCUT2D eigenvalue weighted by Crippen LogP contribution is 2.21. The molecule has 25 heavy (non-hydrogen) atoms. The summed E-state index contributed by atoms with van der Waals surface area (Å²) in [6, 6.07) is 11.6. The minimum absolute atomic E-state index is 0.0998. The van der Waals surface area contributed by atoms with Gasteiger partial charge in [0.1, 0.15) is 16.9 Å². The lowest BCUT2D eigenvalue weighted by atomic mass is 10.1. The first-order valence-corrected chi connectivity index (χ1v) is 7.15. The van der Waals surface area contributed by atoms with Gasteiger partial charge in [0.15, 0.2) is 0 Å². The molecule has 0 saturated carbocycles. The number of anilines is 1. The molecule has 0 radical (unpaired) electrons. The fourth-order valence-corrected chi connectivity index (χ4v) is 2.24. The molecular weight excluding hydrogens is 328 g/mol. The number of nitro groups is 1. The number of carbonyl (C=O) groups is 1. The van der Waals surface area contributed by atoms with Crippen LogP contribution in [0, 0.1) is 10.1 Å². The molecule has 0 aliphatic carbocycles. The zero-order valence-electron chi connectivity index (χ0n) is 13.0. The Kier molecular flexibility index (Phi) is 4.17. The third-order valence-corrected chi connectivity index (χ3v) is 3.52. The van der Waals surface area contributed by atoms with E-state index in [1.165, 1.54) is 37.4 Å². The maximum absolute atomic E-state index is 12.3. The molecule has 8 heteroatoms. The minimum Gasteiger partial charge on any atom is -0.497 e. The molecule has 0 bridgehead atoms. The highest BCUT2D eigenvalue weighted by atomic mass is 16.6. The summed E-state index contributed by atoms with van der Waals surface area (Å²) in [5.41, 5.74) is -0.436. The van der Waals surface area contributed by atoms with Crippen molar-refractivity contribution in [3.05, 3.63) is 74.6 Å². The maximum Gasteiger partial charge on any atom is 0.349 e. The number of hydrogen-bond donors (Lipinski definition) is 1. The summed E-state index contributed by atoms with van der Waals surface area (Å²) < 4.78 is 10.2. The van der Waals surface area contributed by atoms with Crippen LogP contribution in [0.15, 0.2) is 57.7 Å². The summed E-state index contributed by atoms with van der Waals surface area (Å²) >= 11 is 0. The Hall–Kier alpha value is -3.68. The van der Waals surface area contributed by atoms with E-state index >= 15 is 0 Å². The Labute approximate surface area is 140 Å². The number of benzene rings is 2. The minimum atomic E-state index is -0.792. The average Bonchev–Trinajstić information content (AvgIpc) is 2.60. The van der Waals surface area contributed by atoms with E-state index in [2.05, 4.69) is 5.32 Å². The van der Waals surface area contributed by atoms with Gasteiger partial charge >= 0.3 is 5.63 Å². The number of non-ortho nitro benzene ring substituents is 1. The molecule has 1 aromatic heterocycles. The number of rotatable bonds is 4. The molecule has 0 saturated heterocycles. The molecule has 0 atom stereocenters. The molecule has 3 rings (SSSR count). The molecule has 0 aliphatic heterocycles. The fourth-order valence-electron chi connectivity index (χ4n) is 2.24. The number of ether oxygens (including phenoxy) is 1. The molecule has 1 heterocycles. The Morgan fingerprint density at radius 2 is 1.88 bits per heavy atom. The molecule has 126 valence electrons. The smallest absolute Gasteiger partial charge is 0.349 e. The summed E-state index contributed by atoms with van der Waals surface area (Å²) in [5, 5.41) is 13.7. The largest absolute Gasteiger partial charge is 0.497 e. The number of carbonyl (C=O) groups excluding carboxylic acids is 1. The quantitative estimate of drug-likeness (QED) is 0.444. The lowest BCUT2D eigenvalue weighted by Crippen LogP contribution is -2.20. The van der Waals surface area contributed by atoms with Crippen LogP contribution in [-0.4, -0.2) is 17.9 Å². The first-order valence-electron chi connectivity index (χ1n) is 7.15. The van der Waals surface area contributed by atoms with E-state index in [4.69, 9.17) is 9.15 Å². The SMILES string of the molecule is COc1ccc2cc(C(=O)Nc3ccc([N+](=O)[O-])cc3)c(=O)oc2c1. The average molecular weight is 340 g/mol. The predicted octanol–water partition coefficient (Wildman–Crippen LogP) is 2.96. The van der Waals surface area contributed by atoms with E-state index < -0.39 is 16.5 Å². The van der Waals surface area contributed by atoms with E-state index in [9.17, 15) is 19.7 Å². The molecule has 3 aromatic rings. The topological polar surface area (TPSA) is 112 Å². The van der Waals surface area contributed by atoms with Gasteiger partial charge in [-0.15, -0.1) is 0 Å². The van der Waals surface area contributed by atoms with Crippen molar-refractivity contribution in [1.29, 1.82) is 0 Å². The van der Waals surface area contributed by atoms with Crippen LogP contribution in [-0.2, 0) is 0 Å². The van der Waals surface area contributed by atoms with Gasteiger partial charge in [-0.2, -0.15) is 0 Å². The third kappa shape index (κ3) is 3.32. The second-order valence-corrected chi connectivity index (χ2v) is 5.11. The Balaban J connectivity index is 1.90. The number of methoxy groups -OCH3 is 1. The summed E-state index contributed by atoms with van der Waals surface area (Å²) in [7, 11) is 1.49. The number of nitro benzene ring substituents is 1. The van der Waals surface area contributed by atoms with Gasteiger partial charge in [0.2, 0.25) is 0 Å². The Morgan fingerprint density at radius 3 is 2.52 bits per heavy atom. The van der Waals surface area contributed by atoms with Crippen LogP contribution in [0.25, 0.3) is 11.0 Å². The Morgan fingerprint density at radius 1 is 1.16 bits per heavy atom. The predicted molar refractivity (Wildman–Crippen MR) is 90.1 cm³/mol. The maximum atomic E-state index is 12.3.